The minimum atomic E-state index is -0.115. The molecule has 112 valence electrons. The second-order valence-electron chi connectivity index (χ2n) is 4.06. The normalized spacial score (nSPS) is 10.5. The summed E-state index contributed by atoms with van der Waals surface area (Å²) in [6, 6.07) is 6.75. The topological polar surface area (TPSA) is 75.1 Å². The molecule has 1 amide bonds. The number of amides is 1. The highest BCUT2D eigenvalue weighted by atomic mass is 32.2. The van der Waals surface area contributed by atoms with E-state index >= 15 is 0 Å². The monoisotopic (exact) mass is 341 g/mol. The third kappa shape index (κ3) is 5.56. The van der Waals surface area contributed by atoms with Crippen LogP contribution in [0.3, 0.4) is 0 Å². The minimum Gasteiger partial charge on any atom is -0.508 e. The highest BCUT2D eigenvalue weighted by Gasteiger charge is 2.08. The number of carbonyl (C=O) groups excluding carboxylic acids is 1. The van der Waals surface area contributed by atoms with Crippen molar-refractivity contribution in [1.82, 2.24) is 9.36 Å². The first-order valence-electron chi connectivity index (χ1n) is 6.35. The molecule has 0 saturated carbocycles. The van der Waals surface area contributed by atoms with Gasteiger partial charge in [-0.05, 0) is 30.7 Å². The first-order valence-corrected chi connectivity index (χ1v) is 9.10. The fraction of sp³-hybridized carbons (Fsp3) is 0.308. The Balaban J connectivity index is 1.78. The smallest absolute Gasteiger partial charge is 0.236 e. The van der Waals surface area contributed by atoms with E-state index in [4.69, 9.17) is 0 Å². The maximum absolute atomic E-state index is 11.8. The summed E-state index contributed by atoms with van der Waals surface area (Å²) < 4.78 is 4.18. The van der Waals surface area contributed by atoms with Crippen LogP contribution >= 0.6 is 35.1 Å². The zero-order chi connectivity index (χ0) is 15.1. The molecule has 2 rings (SSSR count). The van der Waals surface area contributed by atoms with E-state index in [0.29, 0.717) is 16.0 Å². The molecule has 0 aliphatic rings. The van der Waals surface area contributed by atoms with Gasteiger partial charge in [-0.15, -0.1) is 11.8 Å². The molecule has 0 radical (unpaired) electrons. The van der Waals surface area contributed by atoms with Gasteiger partial charge in [-0.1, -0.05) is 18.7 Å². The number of phenolic OH excluding ortho intramolecular Hbond substituents is 1. The second kappa shape index (κ2) is 8.26. The third-order valence-electron chi connectivity index (χ3n) is 2.30. The van der Waals surface area contributed by atoms with Crippen LogP contribution in [0.1, 0.15) is 13.3 Å². The van der Waals surface area contributed by atoms with E-state index in [9.17, 15) is 9.90 Å². The summed E-state index contributed by atoms with van der Waals surface area (Å²) in [6.07, 6.45) is 1.06. The fourth-order valence-electron chi connectivity index (χ4n) is 1.36. The predicted octanol–water partition coefficient (Wildman–Crippen LogP) is 3.48. The van der Waals surface area contributed by atoms with Gasteiger partial charge in [-0.25, -0.2) is 0 Å². The van der Waals surface area contributed by atoms with Gasteiger partial charge in [0.05, 0.1) is 5.75 Å². The summed E-state index contributed by atoms with van der Waals surface area (Å²) in [4.78, 5) is 17.0. The largest absolute Gasteiger partial charge is 0.508 e. The number of rotatable bonds is 7. The number of hydrogen-bond acceptors (Lipinski definition) is 7. The van der Waals surface area contributed by atoms with Crippen molar-refractivity contribution in [3.8, 4) is 5.75 Å². The summed E-state index contributed by atoms with van der Waals surface area (Å²) in [5.74, 6) is 1.37. The number of nitrogens with one attached hydrogen (secondary N) is 1. The second-order valence-corrected chi connectivity index (χ2v) is 6.92. The molecule has 0 saturated heterocycles. The van der Waals surface area contributed by atoms with E-state index in [1.54, 1.807) is 36.0 Å². The number of carbonyl (C=O) groups is 1. The molecule has 0 atom stereocenters. The zero-order valence-corrected chi connectivity index (χ0v) is 13.9. The number of hydrogen-bond donors (Lipinski definition) is 2. The van der Waals surface area contributed by atoms with E-state index in [0.717, 1.165) is 17.1 Å². The van der Waals surface area contributed by atoms with E-state index in [1.807, 2.05) is 0 Å². The van der Waals surface area contributed by atoms with Gasteiger partial charge < -0.3 is 5.11 Å². The lowest BCUT2D eigenvalue weighted by atomic mass is 10.3. The molecule has 21 heavy (non-hydrogen) atoms. The van der Waals surface area contributed by atoms with Crippen molar-refractivity contribution in [2.24, 2.45) is 0 Å². The number of benzene rings is 1. The summed E-state index contributed by atoms with van der Waals surface area (Å²) in [5, 5.41) is 13.2. The molecular formula is C13H15N3O2S3. The lowest BCUT2D eigenvalue weighted by Gasteiger charge is -2.02. The van der Waals surface area contributed by atoms with Gasteiger partial charge in [0.1, 0.15) is 5.75 Å². The van der Waals surface area contributed by atoms with Gasteiger partial charge in [0, 0.05) is 22.2 Å². The number of aromatic nitrogens is 2. The van der Waals surface area contributed by atoms with Crippen molar-refractivity contribution in [3.05, 3.63) is 24.3 Å². The highest BCUT2D eigenvalue weighted by molar-refractivity contribution is 8.00. The Hall–Kier alpha value is -1.25. The fourth-order valence-corrected chi connectivity index (χ4v) is 3.47. The highest BCUT2D eigenvalue weighted by Crippen LogP contribution is 2.22. The molecule has 1 aromatic heterocycles. The molecule has 0 spiro atoms. The summed E-state index contributed by atoms with van der Waals surface area (Å²) in [6.45, 7) is 2.10. The lowest BCUT2D eigenvalue weighted by molar-refractivity contribution is -0.113. The van der Waals surface area contributed by atoms with Crippen LogP contribution < -0.4 is 5.32 Å². The van der Waals surface area contributed by atoms with Gasteiger partial charge in [0.2, 0.25) is 16.2 Å². The van der Waals surface area contributed by atoms with Crippen molar-refractivity contribution in [2.45, 2.75) is 23.4 Å². The average Bonchev–Trinajstić information content (AvgIpc) is 2.92. The molecule has 1 heterocycles. The van der Waals surface area contributed by atoms with Crippen LogP contribution in [0.4, 0.5) is 5.13 Å². The molecule has 2 N–H and O–H groups in total. The molecule has 0 aliphatic carbocycles. The third-order valence-corrected chi connectivity index (χ3v) is 5.11. The molecular weight excluding hydrogens is 326 g/mol. The van der Waals surface area contributed by atoms with Gasteiger partial charge in [0.25, 0.3) is 0 Å². The molecule has 0 fully saturated rings. The van der Waals surface area contributed by atoms with Crippen molar-refractivity contribution >= 4 is 46.1 Å². The van der Waals surface area contributed by atoms with Crippen LogP contribution in [0.5, 0.6) is 5.75 Å². The van der Waals surface area contributed by atoms with Gasteiger partial charge in [-0.2, -0.15) is 9.36 Å². The number of nitrogens with zero attached hydrogens (tertiary/aromatic N) is 2. The lowest BCUT2D eigenvalue weighted by Crippen LogP contribution is -2.13. The molecule has 1 aromatic carbocycles. The first-order chi connectivity index (χ1) is 10.2. The Labute approximate surface area is 135 Å². The van der Waals surface area contributed by atoms with Crippen molar-refractivity contribution in [2.75, 3.05) is 16.8 Å². The molecule has 2 aromatic rings. The van der Waals surface area contributed by atoms with Crippen LogP contribution in [0, 0.1) is 0 Å². The molecule has 5 nitrogen and oxygen atoms in total. The number of aromatic hydroxyl groups is 1. The van der Waals surface area contributed by atoms with Crippen LogP contribution in [-0.4, -0.2) is 31.9 Å². The first kappa shape index (κ1) is 16.1. The SMILES string of the molecule is CCCSc1nsc(NC(=O)CSc2ccc(O)cc2)n1. The molecule has 8 heteroatoms. The quantitative estimate of drug-likeness (QED) is 0.751. The molecule has 0 bridgehead atoms. The number of anilines is 1. The standard InChI is InChI=1S/C13H15N3O2S3/c1-2-7-19-13-15-12(21-16-13)14-11(18)8-20-10-5-3-9(17)4-6-10/h3-6,17H,2,7-8H2,1H3,(H,14,15,16,18). The Morgan fingerprint density at radius 2 is 2.10 bits per heavy atom. The summed E-state index contributed by atoms with van der Waals surface area (Å²) in [7, 11) is 0. The average molecular weight is 341 g/mol. The van der Waals surface area contributed by atoms with Crippen molar-refractivity contribution in [1.29, 1.82) is 0 Å². The Bertz CT molecular complexity index is 587. The summed E-state index contributed by atoms with van der Waals surface area (Å²) >= 11 is 4.19. The van der Waals surface area contributed by atoms with Crippen LogP contribution in [0.2, 0.25) is 0 Å². The van der Waals surface area contributed by atoms with E-state index in [2.05, 4.69) is 21.6 Å². The Morgan fingerprint density at radius 1 is 1.33 bits per heavy atom. The van der Waals surface area contributed by atoms with Crippen LogP contribution in [-0.2, 0) is 4.79 Å². The van der Waals surface area contributed by atoms with Gasteiger partial charge in [0.15, 0.2) is 0 Å². The van der Waals surface area contributed by atoms with Crippen LogP contribution in [0.25, 0.3) is 0 Å². The minimum absolute atomic E-state index is 0.115. The maximum Gasteiger partial charge on any atom is 0.236 e. The van der Waals surface area contributed by atoms with Crippen molar-refractivity contribution < 1.29 is 9.90 Å². The Kier molecular flexibility index (Phi) is 6.34. The number of phenols is 1. The molecule has 0 aliphatic heterocycles. The number of thioether (sulfide) groups is 2. The van der Waals surface area contributed by atoms with E-state index in [1.165, 1.54) is 23.3 Å². The Morgan fingerprint density at radius 3 is 2.81 bits per heavy atom. The van der Waals surface area contributed by atoms with Gasteiger partial charge in [-0.3, -0.25) is 10.1 Å². The van der Waals surface area contributed by atoms with Crippen LogP contribution in [0.15, 0.2) is 34.3 Å². The molecule has 0 unspecified atom stereocenters. The summed E-state index contributed by atoms with van der Waals surface area (Å²) in [5.41, 5.74) is 0. The van der Waals surface area contributed by atoms with E-state index < -0.39 is 0 Å². The maximum atomic E-state index is 11.8. The predicted molar refractivity (Wildman–Crippen MR) is 88.4 cm³/mol. The van der Waals surface area contributed by atoms with Crippen molar-refractivity contribution in [3.63, 3.8) is 0 Å². The zero-order valence-electron chi connectivity index (χ0n) is 11.4. The van der Waals surface area contributed by atoms with E-state index in [-0.39, 0.29) is 11.7 Å². The van der Waals surface area contributed by atoms with Gasteiger partial charge >= 0.3 is 0 Å².